The van der Waals surface area contributed by atoms with E-state index in [-0.39, 0.29) is 30.7 Å². The molecule has 0 atom stereocenters. The van der Waals surface area contributed by atoms with Gasteiger partial charge in [0.15, 0.2) is 5.78 Å². The smallest absolute Gasteiger partial charge is 0.268 e. The monoisotopic (exact) mass is 329 g/mol. The highest BCUT2D eigenvalue weighted by molar-refractivity contribution is 6.04. The molecule has 2 amide bonds. The Balaban J connectivity index is 1.57. The van der Waals surface area contributed by atoms with Crippen LogP contribution in [0, 0.1) is 6.92 Å². The summed E-state index contributed by atoms with van der Waals surface area (Å²) in [5.41, 5.74) is 2.46. The Kier molecular flexibility index (Phi) is 4.50. The molecule has 1 aliphatic carbocycles. The summed E-state index contributed by atoms with van der Waals surface area (Å²) in [5, 5.41) is 5.22. The average molecular weight is 329 g/mol. The lowest BCUT2D eigenvalue weighted by Gasteiger charge is -2.09. The molecular weight excluding hydrogens is 310 g/mol. The number of ketones is 1. The van der Waals surface area contributed by atoms with Crippen molar-refractivity contribution in [3.05, 3.63) is 46.7 Å². The number of aromatic nitrogens is 1. The van der Waals surface area contributed by atoms with Crippen LogP contribution in [0.5, 0.6) is 0 Å². The molecule has 24 heavy (non-hydrogen) atoms. The molecule has 0 spiro atoms. The Morgan fingerprint density at radius 3 is 2.83 bits per heavy atom. The number of amides is 2. The molecule has 2 heterocycles. The van der Waals surface area contributed by atoms with E-state index in [1.165, 1.54) is 6.26 Å². The van der Waals surface area contributed by atoms with Crippen molar-refractivity contribution in [3.63, 3.8) is 0 Å². The van der Waals surface area contributed by atoms with Gasteiger partial charge in [-0.1, -0.05) is 0 Å². The predicted molar refractivity (Wildman–Crippen MR) is 85.7 cm³/mol. The minimum absolute atomic E-state index is 0.0697. The van der Waals surface area contributed by atoms with E-state index in [4.69, 9.17) is 4.42 Å². The standard InChI is InChI=1S/C17H19N3O4/c1-10-15-12(5-2-6-13(15)21)20-16(10)17(23)19-9-14(22)18-8-11-4-3-7-24-11/h3-4,7,20H,2,5-6,8-9H2,1H3,(H,18,22)(H,19,23). The summed E-state index contributed by atoms with van der Waals surface area (Å²) in [4.78, 5) is 39.1. The first kappa shape index (κ1) is 16.0. The second-order valence-electron chi connectivity index (χ2n) is 5.79. The van der Waals surface area contributed by atoms with Crippen molar-refractivity contribution >= 4 is 17.6 Å². The fraction of sp³-hybridized carbons (Fsp3) is 0.353. The number of carbonyl (C=O) groups excluding carboxylic acids is 3. The zero-order valence-corrected chi connectivity index (χ0v) is 13.4. The summed E-state index contributed by atoms with van der Waals surface area (Å²) in [5.74, 6) is 0.00830. The van der Waals surface area contributed by atoms with E-state index < -0.39 is 0 Å². The van der Waals surface area contributed by atoms with E-state index >= 15 is 0 Å². The van der Waals surface area contributed by atoms with Crippen molar-refractivity contribution < 1.29 is 18.8 Å². The lowest BCUT2D eigenvalue weighted by molar-refractivity contribution is -0.120. The highest BCUT2D eigenvalue weighted by Gasteiger charge is 2.26. The first-order chi connectivity index (χ1) is 11.6. The van der Waals surface area contributed by atoms with Gasteiger partial charge in [0, 0.05) is 17.7 Å². The molecule has 3 rings (SSSR count). The molecule has 0 unspecified atom stereocenters. The highest BCUT2D eigenvalue weighted by atomic mass is 16.3. The van der Waals surface area contributed by atoms with E-state index in [0.717, 1.165) is 18.5 Å². The van der Waals surface area contributed by atoms with E-state index in [2.05, 4.69) is 15.6 Å². The SMILES string of the molecule is Cc1c(C(=O)NCC(=O)NCc2ccco2)[nH]c2c1C(=O)CCC2. The molecule has 7 heteroatoms. The number of aromatic amines is 1. The maximum atomic E-state index is 12.3. The molecule has 0 aliphatic heterocycles. The third-order valence-electron chi connectivity index (χ3n) is 4.11. The van der Waals surface area contributed by atoms with Gasteiger partial charge < -0.3 is 20.0 Å². The molecule has 0 saturated heterocycles. The maximum Gasteiger partial charge on any atom is 0.268 e. The van der Waals surface area contributed by atoms with Crippen LogP contribution in [0.15, 0.2) is 22.8 Å². The Hall–Kier alpha value is -2.83. The number of carbonyl (C=O) groups is 3. The number of hydrogen-bond acceptors (Lipinski definition) is 4. The van der Waals surface area contributed by atoms with Crippen LogP contribution in [0.1, 0.15) is 50.7 Å². The van der Waals surface area contributed by atoms with Crippen molar-refractivity contribution in [2.75, 3.05) is 6.54 Å². The van der Waals surface area contributed by atoms with Crippen molar-refractivity contribution in [3.8, 4) is 0 Å². The van der Waals surface area contributed by atoms with Crippen molar-refractivity contribution in [1.82, 2.24) is 15.6 Å². The Labute approximate surface area is 138 Å². The Bertz CT molecular complexity index is 774. The van der Waals surface area contributed by atoms with Crippen LogP contribution in [0.25, 0.3) is 0 Å². The lowest BCUT2D eigenvalue weighted by Crippen LogP contribution is -2.36. The number of fused-ring (bicyclic) bond motifs is 1. The molecule has 0 bridgehead atoms. The molecule has 0 saturated carbocycles. The second-order valence-corrected chi connectivity index (χ2v) is 5.79. The summed E-state index contributed by atoms with van der Waals surface area (Å²) < 4.78 is 5.11. The zero-order chi connectivity index (χ0) is 17.1. The van der Waals surface area contributed by atoms with E-state index in [0.29, 0.717) is 29.0 Å². The first-order valence-electron chi connectivity index (χ1n) is 7.88. The van der Waals surface area contributed by atoms with Crippen molar-refractivity contribution in [2.45, 2.75) is 32.7 Å². The highest BCUT2D eigenvalue weighted by Crippen LogP contribution is 2.26. The van der Waals surface area contributed by atoms with Gasteiger partial charge in [-0.2, -0.15) is 0 Å². The third-order valence-corrected chi connectivity index (χ3v) is 4.11. The molecule has 1 aliphatic rings. The van der Waals surface area contributed by atoms with Gasteiger partial charge in [0.2, 0.25) is 5.91 Å². The number of furan rings is 1. The normalized spacial score (nSPS) is 13.5. The number of Topliss-reactive ketones (excluding diaryl/α,β-unsaturated/α-hetero) is 1. The van der Waals surface area contributed by atoms with E-state index in [9.17, 15) is 14.4 Å². The summed E-state index contributed by atoms with van der Waals surface area (Å²) in [6.45, 7) is 1.88. The van der Waals surface area contributed by atoms with Gasteiger partial charge in [-0.25, -0.2) is 0 Å². The fourth-order valence-corrected chi connectivity index (χ4v) is 2.91. The first-order valence-corrected chi connectivity index (χ1v) is 7.88. The quantitative estimate of drug-likeness (QED) is 0.773. The van der Waals surface area contributed by atoms with Crippen LogP contribution in [-0.4, -0.2) is 29.1 Å². The van der Waals surface area contributed by atoms with Crippen LogP contribution in [0.4, 0.5) is 0 Å². The minimum atomic E-state index is -0.386. The second kappa shape index (κ2) is 6.74. The number of nitrogens with one attached hydrogen (secondary N) is 3. The van der Waals surface area contributed by atoms with Crippen LogP contribution >= 0.6 is 0 Å². The van der Waals surface area contributed by atoms with Gasteiger partial charge in [-0.05, 0) is 37.5 Å². The van der Waals surface area contributed by atoms with Gasteiger partial charge in [0.05, 0.1) is 19.4 Å². The Morgan fingerprint density at radius 1 is 1.29 bits per heavy atom. The largest absolute Gasteiger partial charge is 0.467 e. The van der Waals surface area contributed by atoms with Crippen molar-refractivity contribution in [2.24, 2.45) is 0 Å². The molecule has 7 nitrogen and oxygen atoms in total. The van der Waals surface area contributed by atoms with Crippen LogP contribution < -0.4 is 10.6 Å². The molecule has 0 aromatic carbocycles. The lowest BCUT2D eigenvalue weighted by atomic mass is 9.94. The molecular formula is C17H19N3O4. The topological polar surface area (TPSA) is 104 Å². The molecule has 2 aromatic heterocycles. The number of aryl methyl sites for hydroxylation is 1. The summed E-state index contributed by atoms with van der Waals surface area (Å²) >= 11 is 0. The van der Waals surface area contributed by atoms with Crippen LogP contribution in [0.2, 0.25) is 0 Å². The molecule has 0 fully saturated rings. The molecule has 2 aromatic rings. The zero-order valence-electron chi connectivity index (χ0n) is 13.4. The van der Waals surface area contributed by atoms with Crippen molar-refractivity contribution in [1.29, 1.82) is 0 Å². The molecule has 0 radical (unpaired) electrons. The van der Waals surface area contributed by atoms with Gasteiger partial charge in [-0.15, -0.1) is 0 Å². The van der Waals surface area contributed by atoms with E-state index in [1.54, 1.807) is 19.1 Å². The van der Waals surface area contributed by atoms with Gasteiger partial charge >= 0.3 is 0 Å². The third kappa shape index (κ3) is 3.24. The number of rotatable bonds is 5. The summed E-state index contributed by atoms with van der Waals surface area (Å²) in [6, 6.07) is 3.49. The van der Waals surface area contributed by atoms with Crippen LogP contribution in [-0.2, 0) is 17.8 Å². The van der Waals surface area contributed by atoms with E-state index in [1.807, 2.05) is 0 Å². The number of H-pyrrole nitrogens is 1. The summed E-state index contributed by atoms with van der Waals surface area (Å²) in [7, 11) is 0. The van der Waals surface area contributed by atoms with Gasteiger partial charge in [0.1, 0.15) is 11.5 Å². The number of hydrogen-bond donors (Lipinski definition) is 3. The molecule has 126 valence electrons. The average Bonchev–Trinajstić information content (AvgIpc) is 3.19. The van der Waals surface area contributed by atoms with Gasteiger partial charge in [0.25, 0.3) is 5.91 Å². The summed E-state index contributed by atoms with van der Waals surface area (Å²) in [6.07, 6.45) is 3.60. The van der Waals surface area contributed by atoms with Crippen LogP contribution in [0.3, 0.4) is 0 Å². The molecule has 3 N–H and O–H groups in total. The minimum Gasteiger partial charge on any atom is -0.467 e. The maximum absolute atomic E-state index is 12.3. The van der Waals surface area contributed by atoms with Gasteiger partial charge in [-0.3, -0.25) is 14.4 Å². The predicted octanol–water partition coefficient (Wildman–Crippen LogP) is 1.48. The fourth-order valence-electron chi connectivity index (χ4n) is 2.91. The Morgan fingerprint density at radius 2 is 2.12 bits per heavy atom.